The van der Waals surface area contributed by atoms with Crippen LogP contribution in [0.1, 0.15) is 33.6 Å². The Hall–Kier alpha value is -1.05. The minimum atomic E-state index is -0.398. The predicted octanol–water partition coefficient (Wildman–Crippen LogP) is 2.41. The largest absolute Gasteiger partial charge is 0.366 e. The van der Waals surface area contributed by atoms with Gasteiger partial charge in [0, 0.05) is 5.57 Å². The van der Waals surface area contributed by atoms with Crippen molar-refractivity contribution in [1.82, 2.24) is 0 Å². The van der Waals surface area contributed by atoms with Crippen LogP contribution in [0.2, 0.25) is 0 Å². The first-order valence-electron chi connectivity index (χ1n) is 4.19. The number of hydrogen-bond donors (Lipinski definition) is 1. The third-order valence-corrected chi connectivity index (χ3v) is 1.26. The van der Waals surface area contributed by atoms with Crippen LogP contribution in [-0.4, -0.2) is 5.91 Å². The Morgan fingerprint density at radius 3 is 1.92 bits per heavy atom. The highest BCUT2D eigenvalue weighted by Crippen LogP contribution is 1.87. The summed E-state index contributed by atoms with van der Waals surface area (Å²) in [6.07, 6.45) is 5.74. The van der Waals surface area contributed by atoms with Gasteiger partial charge in [-0.3, -0.25) is 4.79 Å². The van der Waals surface area contributed by atoms with Crippen LogP contribution in [0.5, 0.6) is 0 Å². The second-order valence-corrected chi connectivity index (χ2v) is 2.45. The number of carbonyl (C=O) groups excluding carboxylic acids is 1. The van der Waals surface area contributed by atoms with E-state index >= 15 is 0 Å². The number of rotatable bonds is 3. The van der Waals surface area contributed by atoms with Gasteiger partial charge in [-0.25, -0.2) is 0 Å². The van der Waals surface area contributed by atoms with E-state index in [1.165, 1.54) is 18.9 Å². The van der Waals surface area contributed by atoms with Gasteiger partial charge in [0.15, 0.2) is 0 Å². The molecule has 12 heavy (non-hydrogen) atoms. The second-order valence-electron chi connectivity index (χ2n) is 2.45. The molecule has 0 heterocycles. The molecule has 0 aliphatic carbocycles. The summed E-state index contributed by atoms with van der Waals surface area (Å²) in [7, 11) is 0. The molecule has 0 aliphatic rings. The molecule has 0 radical (unpaired) electrons. The fourth-order valence-electron chi connectivity index (χ4n) is 0.259. The third-order valence-electron chi connectivity index (χ3n) is 1.26. The number of hydrogen-bond acceptors (Lipinski definition) is 1. The number of carbonyl (C=O) groups is 1. The van der Waals surface area contributed by atoms with E-state index < -0.39 is 5.91 Å². The minimum absolute atomic E-state index is 0.398. The van der Waals surface area contributed by atoms with Gasteiger partial charge >= 0.3 is 0 Å². The van der Waals surface area contributed by atoms with Crippen LogP contribution in [0.15, 0.2) is 24.3 Å². The van der Waals surface area contributed by atoms with Crippen LogP contribution >= 0.6 is 0 Å². The maximum atomic E-state index is 10.2. The van der Waals surface area contributed by atoms with E-state index in [1.54, 1.807) is 13.0 Å². The summed E-state index contributed by atoms with van der Waals surface area (Å²) in [6, 6.07) is 0. The monoisotopic (exact) mass is 169 g/mol. The molecular formula is C10H19NO. The molecular weight excluding hydrogens is 150 g/mol. The SMILES string of the molecule is C=C/C=C(\C)C(N)=O.CCCC. The highest BCUT2D eigenvalue weighted by atomic mass is 16.1. The number of unbranched alkanes of at least 4 members (excludes halogenated alkanes) is 1. The maximum absolute atomic E-state index is 10.2. The first-order valence-corrected chi connectivity index (χ1v) is 4.19. The molecule has 70 valence electrons. The molecule has 0 spiro atoms. The molecule has 0 saturated heterocycles. The van der Waals surface area contributed by atoms with Crippen molar-refractivity contribution < 1.29 is 4.79 Å². The molecule has 0 fully saturated rings. The lowest BCUT2D eigenvalue weighted by Gasteiger charge is -1.86. The first-order chi connectivity index (χ1) is 5.59. The third kappa shape index (κ3) is 11.7. The van der Waals surface area contributed by atoms with E-state index in [4.69, 9.17) is 5.73 Å². The van der Waals surface area contributed by atoms with E-state index in [9.17, 15) is 4.79 Å². The van der Waals surface area contributed by atoms with Gasteiger partial charge in [0.25, 0.3) is 0 Å². The molecule has 0 aromatic rings. The number of amides is 1. The molecule has 2 nitrogen and oxygen atoms in total. The Kier molecular flexibility index (Phi) is 11.2. The summed E-state index contributed by atoms with van der Waals surface area (Å²) in [5, 5.41) is 0. The van der Waals surface area contributed by atoms with Gasteiger partial charge in [-0.2, -0.15) is 0 Å². The van der Waals surface area contributed by atoms with Gasteiger partial charge in [0.05, 0.1) is 0 Å². The summed E-state index contributed by atoms with van der Waals surface area (Å²) in [4.78, 5) is 10.2. The highest BCUT2D eigenvalue weighted by Gasteiger charge is 1.91. The van der Waals surface area contributed by atoms with E-state index in [0.29, 0.717) is 5.57 Å². The lowest BCUT2D eigenvalue weighted by Crippen LogP contribution is -2.11. The Balaban J connectivity index is 0. The quantitative estimate of drug-likeness (QED) is 0.511. The molecule has 0 aliphatic heterocycles. The van der Waals surface area contributed by atoms with Gasteiger partial charge in [-0.05, 0) is 6.92 Å². The van der Waals surface area contributed by atoms with Gasteiger partial charge in [0.2, 0.25) is 5.91 Å². The molecule has 0 saturated carbocycles. The van der Waals surface area contributed by atoms with Gasteiger partial charge in [-0.1, -0.05) is 45.4 Å². The van der Waals surface area contributed by atoms with Crippen LogP contribution in [0.3, 0.4) is 0 Å². The summed E-state index contributed by atoms with van der Waals surface area (Å²) in [5.41, 5.74) is 5.39. The average molecular weight is 169 g/mol. The molecule has 0 aromatic carbocycles. The van der Waals surface area contributed by atoms with Crippen molar-refractivity contribution in [3.8, 4) is 0 Å². The van der Waals surface area contributed by atoms with E-state index in [2.05, 4.69) is 20.4 Å². The molecule has 0 unspecified atom stereocenters. The molecule has 0 rings (SSSR count). The van der Waals surface area contributed by atoms with Gasteiger partial charge in [-0.15, -0.1) is 0 Å². The van der Waals surface area contributed by atoms with E-state index in [1.807, 2.05) is 0 Å². The number of nitrogens with two attached hydrogens (primary N) is 1. The molecule has 2 N–H and O–H groups in total. The number of primary amides is 1. The van der Waals surface area contributed by atoms with Gasteiger partial charge < -0.3 is 5.73 Å². The lowest BCUT2D eigenvalue weighted by atomic mass is 10.3. The molecule has 0 atom stereocenters. The van der Waals surface area contributed by atoms with E-state index in [-0.39, 0.29) is 0 Å². The normalized spacial score (nSPS) is 9.75. The second kappa shape index (κ2) is 9.95. The fraction of sp³-hybridized carbons (Fsp3) is 0.500. The summed E-state index contributed by atoms with van der Waals surface area (Å²) < 4.78 is 0. The highest BCUT2D eigenvalue weighted by molar-refractivity contribution is 5.91. The van der Waals surface area contributed by atoms with Crippen LogP contribution in [0.4, 0.5) is 0 Å². The van der Waals surface area contributed by atoms with Crippen molar-refractivity contribution in [3.63, 3.8) is 0 Å². The standard InChI is InChI=1S/C6H9NO.C4H10/c1-3-4-5(2)6(7)8;1-3-4-2/h3-4H,1H2,2H3,(H2,7,8);3-4H2,1-2H3/b5-4+;. The van der Waals surface area contributed by atoms with Gasteiger partial charge in [0.1, 0.15) is 0 Å². The van der Waals surface area contributed by atoms with Crippen molar-refractivity contribution in [1.29, 1.82) is 0 Å². The molecule has 0 aromatic heterocycles. The zero-order valence-electron chi connectivity index (χ0n) is 8.26. The van der Waals surface area contributed by atoms with Crippen molar-refractivity contribution in [2.75, 3.05) is 0 Å². The Morgan fingerprint density at radius 1 is 1.42 bits per heavy atom. The predicted molar refractivity (Wildman–Crippen MR) is 53.7 cm³/mol. The van der Waals surface area contributed by atoms with Crippen molar-refractivity contribution in [2.24, 2.45) is 5.73 Å². The molecule has 0 bridgehead atoms. The summed E-state index contributed by atoms with van der Waals surface area (Å²) in [6.45, 7) is 9.40. The zero-order valence-corrected chi connectivity index (χ0v) is 8.26. The molecule has 1 amide bonds. The Labute approximate surface area is 75.2 Å². The van der Waals surface area contributed by atoms with Crippen molar-refractivity contribution in [3.05, 3.63) is 24.3 Å². The van der Waals surface area contributed by atoms with Crippen LogP contribution < -0.4 is 5.73 Å². The van der Waals surface area contributed by atoms with Crippen molar-refractivity contribution in [2.45, 2.75) is 33.6 Å². The topological polar surface area (TPSA) is 43.1 Å². The summed E-state index contributed by atoms with van der Waals surface area (Å²) >= 11 is 0. The van der Waals surface area contributed by atoms with Crippen LogP contribution in [0, 0.1) is 0 Å². The lowest BCUT2D eigenvalue weighted by molar-refractivity contribution is -0.114. The maximum Gasteiger partial charge on any atom is 0.244 e. The smallest absolute Gasteiger partial charge is 0.244 e. The Bertz CT molecular complexity index is 157. The minimum Gasteiger partial charge on any atom is -0.366 e. The molecule has 2 heteroatoms. The number of allylic oxidation sites excluding steroid dienone is 2. The fourth-order valence-corrected chi connectivity index (χ4v) is 0.259. The zero-order chi connectivity index (χ0) is 9.98. The summed E-state index contributed by atoms with van der Waals surface area (Å²) in [5.74, 6) is -0.398. The van der Waals surface area contributed by atoms with Crippen LogP contribution in [-0.2, 0) is 4.79 Å². The van der Waals surface area contributed by atoms with E-state index in [0.717, 1.165) is 0 Å². The van der Waals surface area contributed by atoms with Crippen LogP contribution in [0.25, 0.3) is 0 Å². The average Bonchev–Trinajstić information content (AvgIpc) is 2.05. The van der Waals surface area contributed by atoms with Crippen molar-refractivity contribution >= 4 is 5.91 Å². The first kappa shape index (κ1) is 13.5. The Morgan fingerprint density at radius 2 is 1.83 bits per heavy atom.